The fourth-order valence-corrected chi connectivity index (χ4v) is 2.12. The van der Waals surface area contributed by atoms with Gasteiger partial charge in [-0.2, -0.15) is 0 Å². The van der Waals surface area contributed by atoms with E-state index >= 15 is 0 Å². The largest absolute Gasteiger partial charge is 0.303 e. The summed E-state index contributed by atoms with van der Waals surface area (Å²) < 4.78 is 0. The molecule has 1 aliphatic carbocycles. The van der Waals surface area contributed by atoms with Crippen molar-refractivity contribution in [3.63, 3.8) is 0 Å². The molecule has 0 aromatic carbocycles. The molecule has 1 rings (SSSR count). The third-order valence-corrected chi connectivity index (χ3v) is 3.19. The Bertz CT molecular complexity index is 269. The zero-order valence-electron chi connectivity index (χ0n) is 10.1. The Kier molecular flexibility index (Phi) is 4.80. The standard InChI is InChI=1S/C14H22O/c1-11(2)5-4-6-13-7-8-14(10-15)12(3)9-13/h5,7,10,12,14H,4,6,8-9H2,1-3H3/t12-,14+/m1/s1. The van der Waals surface area contributed by atoms with Gasteiger partial charge < -0.3 is 4.79 Å². The average Bonchev–Trinajstić information content (AvgIpc) is 2.17. The summed E-state index contributed by atoms with van der Waals surface area (Å²) >= 11 is 0. The van der Waals surface area contributed by atoms with Gasteiger partial charge in [-0.25, -0.2) is 0 Å². The molecule has 0 amide bonds. The van der Waals surface area contributed by atoms with E-state index in [1.54, 1.807) is 0 Å². The Hall–Kier alpha value is -0.850. The van der Waals surface area contributed by atoms with Crippen molar-refractivity contribution < 1.29 is 4.79 Å². The van der Waals surface area contributed by atoms with E-state index in [1.807, 2.05) is 0 Å². The van der Waals surface area contributed by atoms with Gasteiger partial charge in [-0.1, -0.05) is 30.2 Å². The van der Waals surface area contributed by atoms with Crippen molar-refractivity contribution in [3.8, 4) is 0 Å². The van der Waals surface area contributed by atoms with E-state index in [0.717, 1.165) is 25.5 Å². The van der Waals surface area contributed by atoms with Gasteiger partial charge in [0, 0.05) is 5.92 Å². The molecule has 0 heterocycles. The Morgan fingerprint density at radius 2 is 2.27 bits per heavy atom. The third-order valence-electron chi connectivity index (χ3n) is 3.19. The van der Waals surface area contributed by atoms with Crippen LogP contribution in [0.2, 0.25) is 0 Å². The highest BCUT2D eigenvalue weighted by Crippen LogP contribution is 2.30. The fourth-order valence-electron chi connectivity index (χ4n) is 2.12. The molecule has 0 bridgehead atoms. The lowest BCUT2D eigenvalue weighted by atomic mass is 9.80. The van der Waals surface area contributed by atoms with Crippen LogP contribution in [0.4, 0.5) is 0 Å². The van der Waals surface area contributed by atoms with Gasteiger partial charge in [0.05, 0.1) is 0 Å². The van der Waals surface area contributed by atoms with Crippen molar-refractivity contribution in [2.24, 2.45) is 11.8 Å². The van der Waals surface area contributed by atoms with Gasteiger partial charge in [-0.15, -0.1) is 0 Å². The van der Waals surface area contributed by atoms with Crippen LogP contribution in [0.3, 0.4) is 0 Å². The Morgan fingerprint density at radius 1 is 1.53 bits per heavy atom. The molecule has 0 saturated carbocycles. The van der Waals surface area contributed by atoms with Crippen LogP contribution in [0.25, 0.3) is 0 Å². The first-order valence-electron chi connectivity index (χ1n) is 5.90. The van der Waals surface area contributed by atoms with E-state index in [0.29, 0.717) is 5.92 Å². The summed E-state index contributed by atoms with van der Waals surface area (Å²) in [6, 6.07) is 0. The molecule has 0 aromatic heterocycles. The van der Waals surface area contributed by atoms with Crippen molar-refractivity contribution in [2.45, 2.75) is 46.5 Å². The number of rotatable bonds is 4. The predicted molar refractivity (Wildman–Crippen MR) is 64.7 cm³/mol. The first kappa shape index (κ1) is 12.2. The summed E-state index contributed by atoms with van der Waals surface area (Å²) in [4.78, 5) is 10.7. The molecule has 0 radical (unpaired) electrons. The second-order valence-electron chi connectivity index (χ2n) is 4.90. The zero-order valence-corrected chi connectivity index (χ0v) is 10.1. The smallest absolute Gasteiger partial charge is 0.123 e. The van der Waals surface area contributed by atoms with Crippen molar-refractivity contribution in [1.82, 2.24) is 0 Å². The molecule has 2 atom stereocenters. The molecule has 1 nitrogen and oxygen atoms in total. The van der Waals surface area contributed by atoms with E-state index in [9.17, 15) is 4.79 Å². The number of hydrogen-bond acceptors (Lipinski definition) is 1. The minimum atomic E-state index is 0.261. The lowest BCUT2D eigenvalue weighted by Gasteiger charge is -2.24. The van der Waals surface area contributed by atoms with Gasteiger partial charge in [0.1, 0.15) is 6.29 Å². The van der Waals surface area contributed by atoms with Crippen LogP contribution < -0.4 is 0 Å². The minimum Gasteiger partial charge on any atom is -0.303 e. The van der Waals surface area contributed by atoms with Crippen LogP contribution in [-0.2, 0) is 4.79 Å². The summed E-state index contributed by atoms with van der Waals surface area (Å²) in [6.45, 7) is 6.47. The summed E-state index contributed by atoms with van der Waals surface area (Å²) in [5.74, 6) is 0.798. The van der Waals surface area contributed by atoms with Gasteiger partial charge >= 0.3 is 0 Å². The van der Waals surface area contributed by atoms with Crippen LogP contribution >= 0.6 is 0 Å². The normalized spacial score (nSPS) is 25.7. The molecule has 0 aliphatic heterocycles. The molecule has 84 valence electrons. The molecule has 0 unspecified atom stereocenters. The highest BCUT2D eigenvalue weighted by Gasteiger charge is 2.20. The maximum absolute atomic E-state index is 10.7. The van der Waals surface area contributed by atoms with Crippen LogP contribution in [0.5, 0.6) is 0 Å². The molecule has 0 spiro atoms. The van der Waals surface area contributed by atoms with Crippen molar-refractivity contribution in [2.75, 3.05) is 0 Å². The zero-order chi connectivity index (χ0) is 11.3. The molecule has 1 heteroatoms. The summed E-state index contributed by atoms with van der Waals surface area (Å²) in [5.41, 5.74) is 2.93. The highest BCUT2D eigenvalue weighted by molar-refractivity contribution is 5.55. The van der Waals surface area contributed by atoms with E-state index in [2.05, 4.69) is 32.9 Å². The Balaban J connectivity index is 2.41. The average molecular weight is 206 g/mol. The number of carbonyl (C=O) groups is 1. The molecule has 0 saturated heterocycles. The lowest BCUT2D eigenvalue weighted by molar-refractivity contribution is -0.112. The van der Waals surface area contributed by atoms with Gasteiger partial charge in [0.2, 0.25) is 0 Å². The van der Waals surface area contributed by atoms with Gasteiger partial charge in [0.25, 0.3) is 0 Å². The Labute approximate surface area is 93.3 Å². The van der Waals surface area contributed by atoms with Crippen molar-refractivity contribution in [1.29, 1.82) is 0 Å². The maximum Gasteiger partial charge on any atom is 0.123 e. The number of hydrogen-bond donors (Lipinski definition) is 0. The predicted octanol–water partition coefficient (Wildman–Crippen LogP) is 3.90. The molecular formula is C14H22O. The highest BCUT2D eigenvalue weighted by atomic mass is 16.1. The SMILES string of the molecule is CC(C)=CCCC1=CC[C@@H](C=O)[C@H](C)C1. The molecule has 0 N–H and O–H groups in total. The van der Waals surface area contributed by atoms with Crippen molar-refractivity contribution in [3.05, 3.63) is 23.3 Å². The van der Waals surface area contributed by atoms with Crippen LogP contribution in [0.15, 0.2) is 23.3 Å². The maximum atomic E-state index is 10.7. The van der Waals surface area contributed by atoms with Crippen LogP contribution in [0.1, 0.15) is 46.5 Å². The van der Waals surface area contributed by atoms with Gasteiger partial charge in [0.15, 0.2) is 0 Å². The van der Waals surface area contributed by atoms with Gasteiger partial charge in [-0.05, 0) is 45.4 Å². The quantitative estimate of drug-likeness (QED) is 0.503. The van der Waals surface area contributed by atoms with Crippen LogP contribution in [0, 0.1) is 11.8 Å². The van der Waals surface area contributed by atoms with E-state index in [-0.39, 0.29) is 5.92 Å². The van der Waals surface area contributed by atoms with Crippen LogP contribution in [-0.4, -0.2) is 6.29 Å². The second-order valence-corrected chi connectivity index (χ2v) is 4.90. The Morgan fingerprint density at radius 3 is 2.80 bits per heavy atom. The monoisotopic (exact) mass is 206 g/mol. The van der Waals surface area contributed by atoms with Crippen molar-refractivity contribution >= 4 is 6.29 Å². The summed E-state index contributed by atoms with van der Waals surface area (Å²) in [5, 5.41) is 0. The molecule has 1 aliphatic rings. The third kappa shape index (κ3) is 4.03. The molecule has 0 aromatic rings. The second kappa shape index (κ2) is 5.89. The van der Waals surface area contributed by atoms with E-state index < -0.39 is 0 Å². The lowest BCUT2D eigenvalue weighted by Crippen LogP contribution is -2.17. The summed E-state index contributed by atoms with van der Waals surface area (Å²) in [6.07, 6.45) is 10.1. The minimum absolute atomic E-state index is 0.261. The van der Waals surface area contributed by atoms with E-state index in [4.69, 9.17) is 0 Å². The summed E-state index contributed by atoms with van der Waals surface area (Å²) in [7, 11) is 0. The first-order valence-corrected chi connectivity index (χ1v) is 5.90. The number of allylic oxidation sites excluding steroid dienone is 4. The fraction of sp³-hybridized carbons (Fsp3) is 0.643. The van der Waals surface area contributed by atoms with E-state index in [1.165, 1.54) is 17.6 Å². The topological polar surface area (TPSA) is 17.1 Å². The molecule has 0 fully saturated rings. The van der Waals surface area contributed by atoms with Gasteiger partial charge in [-0.3, -0.25) is 0 Å². The number of carbonyl (C=O) groups excluding carboxylic acids is 1. The molecular weight excluding hydrogens is 184 g/mol. The first-order chi connectivity index (χ1) is 7.13. The number of aldehydes is 1. The molecule has 15 heavy (non-hydrogen) atoms.